The Morgan fingerprint density at radius 1 is 1.03 bits per heavy atom. The lowest BCUT2D eigenvalue weighted by molar-refractivity contribution is 0.0739. The molecule has 4 aromatic rings. The van der Waals surface area contributed by atoms with E-state index in [1.165, 1.54) is 17.6 Å². The topological polar surface area (TPSA) is 77.0 Å². The van der Waals surface area contributed by atoms with Crippen LogP contribution in [0.1, 0.15) is 31.2 Å². The molecule has 33 heavy (non-hydrogen) atoms. The van der Waals surface area contributed by atoms with Crippen LogP contribution in [0.25, 0.3) is 10.1 Å². The summed E-state index contributed by atoms with van der Waals surface area (Å²) in [5.74, 6) is 0.227. The fourth-order valence-corrected chi connectivity index (χ4v) is 4.51. The maximum Gasteiger partial charge on any atom is 0.355 e. The molecule has 0 aliphatic carbocycles. The van der Waals surface area contributed by atoms with E-state index in [2.05, 4.69) is 10.5 Å². The molecule has 4 rings (SSSR count). The molecule has 1 aromatic heterocycles. The number of benzene rings is 3. The Kier molecular flexibility index (Phi) is 6.72. The number of methoxy groups -OCH3 is 1. The zero-order valence-electron chi connectivity index (χ0n) is 17.8. The van der Waals surface area contributed by atoms with Gasteiger partial charge < -0.3 is 9.47 Å². The highest BCUT2D eigenvalue weighted by atomic mass is 35.5. The Morgan fingerprint density at radius 2 is 1.79 bits per heavy atom. The highest BCUT2D eigenvalue weighted by molar-refractivity contribution is 7.21. The van der Waals surface area contributed by atoms with Crippen molar-refractivity contribution >= 4 is 51.1 Å². The second-order valence-corrected chi connectivity index (χ2v) is 8.56. The second kappa shape index (κ2) is 9.85. The Hall–Kier alpha value is -3.68. The van der Waals surface area contributed by atoms with Crippen LogP contribution in [0.15, 0.2) is 71.8 Å². The van der Waals surface area contributed by atoms with E-state index in [-0.39, 0.29) is 5.91 Å². The smallest absolute Gasteiger partial charge is 0.355 e. The molecule has 0 radical (unpaired) electrons. The number of nitrogens with one attached hydrogen (secondary N) is 1. The van der Waals surface area contributed by atoms with Gasteiger partial charge in [-0.05, 0) is 67.1 Å². The number of thiophene rings is 1. The number of hydrazone groups is 1. The second-order valence-electron chi connectivity index (χ2n) is 7.13. The maximum absolute atomic E-state index is 12.6. The summed E-state index contributed by atoms with van der Waals surface area (Å²) < 4.78 is 11.5. The average Bonchev–Trinajstić information content (AvgIpc) is 3.16. The third-order valence-electron chi connectivity index (χ3n) is 4.77. The van der Waals surface area contributed by atoms with Gasteiger partial charge in [-0.1, -0.05) is 29.3 Å². The number of ether oxygens (including phenoxy) is 2. The zero-order chi connectivity index (χ0) is 23.4. The predicted molar refractivity (Wildman–Crippen MR) is 131 cm³/mol. The molecule has 3 aromatic carbocycles. The molecule has 0 saturated heterocycles. The van der Waals surface area contributed by atoms with Gasteiger partial charge in [0.1, 0.15) is 16.4 Å². The van der Waals surface area contributed by atoms with Crippen LogP contribution in [0.4, 0.5) is 0 Å². The van der Waals surface area contributed by atoms with Crippen LogP contribution in [0.3, 0.4) is 0 Å². The minimum atomic E-state index is -0.535. The quantitative estimate of drug-likeness (QED) is 0.163. The summed E-state index contributed by atoms with van der Waals surface area (Å²) in [6, 6.07) is 19.4. The summed E-state index contributed by atoms with van der Waals surface area (Å²) in [5.41, 5.74) is 4.75. The van der Waals surface area contributed by atoms with Crippen LogP contribution >= 0.6 is 22.9 Å². The van der Waals surface area contributed by atoms with Crippen molar-refractivity contribution < 1.29 is 19.1 Å². The van der Waals surface area contributed by atoms with E-state index in [1.54, 1.807) is 49.6 Å². The maximum atomic E-state index is 12.6. The molecule has 1 heterocycles. The summed E-state index contributed by atoms with van der Waals surface area (Å²) in [6.07, 6.45) is 1.51. The van der Waals surface area contributed by atoms with E-state index >= 15 is 0 Å². The lowest BCUT2D eigenvalue weighted by Gasteiger charge is -2.04. The first-order valence-electron chi connectivity index (χ1n) is 9.93. The van der Waals surface area contributed by atoms with E-state index in [4.69, 9.17) is 21.1 Å². The first kappa shape index (κ1) is 22.5. The van der Waals surface area contributed by atoms with E-state index < -0.39 is 5.97 Å². The predicted octanol–water partition coefficient (Wildman–Crippen LogP) is 5.85. The molecule has 0 bridgehead atoms. The molecule has 0 fully saturated rings. The molecule has 0 aliphatic heterocycles. The largest absolute Gasteiger partial charge is 0.497 e. The van der Waals surface area contributed by atoms with Crippen molar-refractivity contribution in [1.82, 2.24) is 5.43 Å². The van der Waals surface area contributed by atoms with Crippen molar-refractivity contribution in [2.45, 2.75) is 6.92 Å². The van der Waals surface area contributed by atoms with E-state index in [9.17, 15) is 9.59 Å². The standard InChI is InChI=1S/C25H19ClN2O4S/c1-15-4-3-5-17(12-15)24(29)28-27-14-16-6-8-18(9-7-16)32-25(30)23-22(26)20-11-10-19(31-2)13-21(20)33-23/h3-14H,1-2H3,(H,28,29)/b27-14-. The van der Waals surface area contributed by atoms with Gasteiger partial charge >= 0.3 is 5.97 Å². The molecule has 6 nitrogen and oxygen atoms in total. The van der Waals surface area contributed by atoms with Crippen LogP contribution < -0.4 is 14.9 Å². The Morgan fingerprint density at radius 3 is 2.52 bits per heavy atom. The summed E-state index contributed by atoms with van der Waals surface area (Å²) in [7, 11) is 1.58. The van der Waals surface area contributed by atoms with Crippen LogP contribution in [0, 0.1) is 6.92 Å². The van der Waals surface area contributed by atoms with Gasteiger partial charge in [0.15, 0.2) is 0 Å². The summed E-state index contributed by atoms with van der Waals surface area (Å²) >= 11 is 7.64. The number of rotatable bonds is 6. The molecule has 166 valence electrons. The molecule has 1 N–H and O–H groups in total. The van der Waals surface area contributed by atoms with Gasteiger partial charge in [-0.2, -0.15) is 5.10 Å². The van der Waals surface area contributed by atoms with Gasteiger partial charge in [-0.25, -0.2) is 10.2 Å². The molecule has 0 spiro atoms. The minimum absolute atomic E-state index is 0.293. The monoisotopic (exact) mass is 478 g/mol. The van der Waals surface area contributed by atoms with E-state index in [0.717, 1.165) is 21.2 Å². The number of carbonyl (C=O) groups excluding carboxylic acids is 2. The Bertz CT molecular complexity index is 1360. The number of fused-ring (bicyclic) bond motifs is 1. The molecule has 8 heteroatoms. The highest BCUT2D eigenvalue weighted by Gasteiger charge is 2.19. The SMILES string of the molecule is COc1ccc2c(Cl)c(C(=O)Oc3ccc(/C=N\NC(=O)c4cccc(C)c4)cc3)sc2c1. The molecule has 0 unspecified atom stereocenters. The number of hydrogen-bond acceptors (Lipinski definition) is 6. The fraction of sp³-hybridized carbons (Fsp3) is 0.0800. The van der Waals surface area contributed by atoms with E-state index in [1.807, 2.05) is 31.2 Å². The Balaban J connectivity index is 1.40. The molecule has 0 saturated carbocycles. The molecule has 1 amide bonds. The van der Waals surface area contributed by atoms with E-state index in [0.29, 0.717) is 27.0 Å². The zero-order valence-corrected chi connectivity index (χ0v) is 19.4. The first-order valence-corrected chi connectivity index (χ1v) is 11.1. The third kappa shape index (κ3) is 5.22. The van der Waals surface area contributed by atoms with Crippen LogP contribution in [0.5, 0.6) is 11.5 Å². The van der Waals surface area contributed by atoms with Crippen LogP contribution in [-0.4, -0.2) is 25.2 Å². The number of carbonyl (C=O) groups is 2. The van der Waals surface area contributed by atoms with Gasteiger partial charge in [0, 0.05) is 15.6 Å². The molecule has 0 atom stereocenters. The molecular formula is C25H19ClN2O4S. The fourth-order valence-electron chi connectivity index (χ4n) is 3.10. The normalized spacial score (nSPS) is 11.0. The molecule has 0 aliphatic rings. The third-order valence-corrected chi connectivity index (χ3v) is 6.41. The van der Waals surface area contributed by atoms with Crippen LogP contribution in [0.2, 0.25) is 5.02 Å². The number of hydrogen-bond donors (Lipinski definition) is 1. The van der Waals surface area contributed by atoms with Gasteiger partial charge in [-0.15, -0.1) is 11.3 Å². The van der Waals surface area contributed by atoms with Crippen molar-refractivity contribution in [2.75, 3.05) is 7.11 Å². The number of aryl methyl sites for hydroxylation is 1. The summed E-state index contributed by atoms with van der Waals surface area (Å²) in [4.78, 5) is 25.1. The highest BCUT2D eigenvalue weighted by Crippen LogP contribution is 2.37. The summed E-state index contributed by atoms with van der Waals surface area (Å²) in [5, 5.41) is 5.11. The first-order chi connectivity index (χ1) is 15.9. The lowest BCUT2D eigenvalue weighted by atomic mass is 10.1. The Labute approximate surface area is 199 Å². The van der Waals surface area contributed by atoms with Crippen molar-refractivity contribution in [2.24, 2.45) is 5.10 Å². The van der Waals surface area contributed by atoms with Gasteiger partial charge in [0.2, 0.25) is 0 Å². The van der Waals surface area contributed by atoms with Gasteiger partial charge in [0.25, 0.3) is 5.91 Å². The van der Waals surface area contributed by atoms with Gasteiger partial charge in [-0.3, -0.25) is 4.79 Å². The van der Waals surface area contributed by atoms with Crippen molar-refractivity contribution in [3.63, 3.8) is 0 Å². The van der Waals surface area contributed by atoms with Crippen molar-refractivity contribution in [3.8, 4) is 11.5 Å². The molecular weight excluding hydrogens is 460 g/mol. The summed E-state index contributed by atoms with van der Waals surface area (Å²) in [6.45, 7) is 1.92. The lowest BCUT2D eigenvalue weighted by Crippen LogP contribution is -2.17. The minimum Gasteiger partial charge on any atom is -0.497 e. The van der Waals surface area contributed by atoms with Gasteiger partial charge in [0.05, 0.1) is 18.3 Å². The van der Waals surface area contributed by atoms with Crippen molar-refractivity contribution in [3.05, 3.63) is 93.3 Å². The van der Waals surface area contributed by atoms with Crippen LogP contribution in [-0.2, 0) is 0 Å². The number of esters is 1. The average molecular weight is 479 g/mol. The number of amides is 1. The number of nitrogens with zero attached hydrogens (tertiary/aromatic N) is 1. The van der Waals surface area contributed by atoms with Crippen molar-refractivity contribution in [1.29, 1.82) is 0 Å². The number of halogens is 1.